The van der Waals surface area contributed by atoms with Crippen LogP contribution in [0.1, 0.15) is 26.7 Å². The first-order chi connectivity index (χ1) is 7.88. The number of alkyl halides is 6. The van der Waals surface area contributed by atoms with E-state index in [0.29, 0.717) is 6.92 Å². The average Bonchev–Trinajstić information content (AvgIpc) is 2.12. The Bertz CT molecular complexity index is 282. The number of esters is 1. The molecule has 0 bridgehead atoms. The highest BCUT2D eigenvalue weighted by Gasteiger charge is 2.74. The number of halogens is 6. The molecule has 1 atom stereocenters. The summed E-state index contributed by atoms with van der Waals surface area (Å²) in [5.41, 5.74) is -5.08. The first-order valence-electron chi connectivity index (χ1n) is 4.93. The van der Waals surface area contributed by atoms with Crippen LogP contribution < -0.4 is 0 Å². The first kappa shape index (κ1) is 17.0. The SMILES string of the molecule is CCCC(=O)OC(C)C(O)(C(F)(F)F)C(F)(F)F. The second-order valence-corrected chi connectivity index (χ2v) is 3.64. The summed E-state index contributed by atoms with van der Waals surface area (Å²) >= 11 is 0. The van der Waals surface area contributed by atoms with E-state index in [1.807, 2.05) is 0 Å². The zero-order valence-electron chi connectivity index (χ0n) is 9.52. The van der Waals surface area contributed by atoms with Gasteiger partial charge in [0, 0.05) is 6.42 Å². The van der Waals surface area contributed by atoms with Gasteiger partial charge >= 0.3 is 18.3 Å². The van der Waals surface area contributed by atoms with Crippen LogP contribution in [0, 0.1) is 0 Å². The van der Waals surface area contributed by atoms with Gasteiger partial charge in [0.1, 0.15) is 6.10 Å². The molecule has 0 saturated carbocycles. The third-order valence-electron chi connectivity index (χ3n) is 2.22. The fourth-order valence-corrected chi connectivity index (χ4v) is 1.17. The van der Waals surface area contributed by atoms with Crippen molar-refractivity contribution in [2.45, 2.75) is 50.7 Å². The quantitative estimate of drug-likeness (QED) is 0.636. The molecule has 0 spiro atoms. The van der Waals surface area contributed by atoms with Crippen molar-refractivity contribution in [2.75, 3.05) is 0 Å². The largest absolute Gasteiger partial charge is 0.459 e. The predicted octanol–water partition coefficient (Wildman–Crippen LogP) is 2.57. The van der Waals surface area contributed by atoms with E-state index in [4.69, 9.17) is 5.11 Å². The van der Waals surface area contributed by atoms with Crippen LogP contribution in [0.5, 0.6) is 0 Å². The molecule has 1 N–H and O–H groups in total. The fourth-order valence-electron chi connectivity index (χ4n) is 1.17. The van der Waals surface area contributed by atoms with Crippen LogP contribution in [-0.2, 0) is 9.53 Å². The molecule has 0 aliphatic heterocycles. The molecule has 0 aliphatic carbocycles. The highest BCUT2D eigenvalue weighted by Crippen LogP contribution is 2.46. The number of rotatable bonds is 4. The molecule has 3 nitrogen and oxygen atoms in total. The lowest BCUT2D eigenvalue weighted by Gasteiger charge is -2.36. The molecule has 1 unspecified atom stereocenters. The Morgan fingerprint density at radius 2 is 1.56 bits per heavy atom. The maximum Gasteiger partial charge on any atom is 0.430 e. The molecule has 0 saturated heterocycles. The summed E-state index contributed by atoms with van der Waals surface area (Å²) < 4.78 is 77.9. The lowest BCUT2D eigenvalue weighted by Crippen LogP contribution is -2.64. The van der Waals surface area contributed by atoms with Crippen LogP contribution in [0.25, 0.3) is 0 Å². The summed E-state index contributed by atoms with van der Waals surface area (Å²) in [4.78, 5) is 10.9. The van der Waals surface area contributed by atoms with E-state index in [2.05, 4.69) is 4.74 Å². The van der Waals surface area contributed by atoms with E-state index >= 15 is 0 Å². The topological polar surface area (TPSA) is 46.5 Å². The summed E-state index contributed by atoms with van der Waals surface area (Å²) in [5.74, 6) is -1.24. The van der Waals surface area contributed by atoms with Crippen molar-refractivity contribution in [3.05, 3.63) is 0 Å². The van der Waals surface area contributed by atoms with Gasteiger partial charge < -0.3 is 9.84 Å². The molecular weight excluding hydrogens is 270 g/mol. The van der Waals surface area contributed by atoms with Crippen LogP contribution in [0.15, 0.2) is 0 Å². The Morgan fingerprint density at radius 1 is 1.17 bits per heavy atom. The van der Waals surface area contributed by atoms with Crippen molar-refractivity contribution in [2.24, 2.45) is 0 Å². The van der Waals surface area contributed by atoms with E-state index in [-0.39, 0.29) is 12.8 Å². The van der Waals surface area contributed by atoms with Gasteiger partial charge in [0.2, 0.25) is 0 Å². The molecule has 108 valence electrons. The van der Waals surface area contributed by atoms with Gasteiger partial charge in [-0.05, 0) is 13.3 Å². The van der Waals surface area contributed by atoms with Crippen molar-refractivity contribution >= 4 is 5.97 Å². The van der Waals surface area contributed by atoms with Crippen LogP contribution >= 0.6 is 0 Å². The van der Waals surface area contributed by atoms with Crippen LogP contribution in [-0.4, -0.2) is 35.1 Å². The molecule has 0 fully saturated rings. The van der Waals surface area contributed by atoms with E-state index in [1.54, 1.807) is 0 Å². The van der Waals surface area contributed by atoms with Crippen LogP contribution in [0.3, 0.4) is 0 Å². The standard InChI is InChI=1S/C9H12F6O3/c1-3-4-6(16)18-5(2)7(17,8(10,11)12)9(13,14)15/h5,17H,3-4H2,1-2H3. The van der Waals surface area contributed by atoms with Gasteiger partial charge in [-0.2, -0.15) is 26.3 Å². The van der Waals surface area contributed by atoms with Gasteiger partial charge in [-0.15, -0.1) is 0 Å². The zero-order valence-corrected chi connectivity index (χ0v) is 9.52. The Labute approximate surface area is 98.7 Å². The molecule has 0 aromatic heterocycles. The molecule has 0 aliphatic rings. The number of carbonyl (C=O) groups excluding carboxylic acids is 1. The number of ether oxygens (including phenoxy) is 1. The van der Waals surface area contributed by atoms with Gasteiger partial charge in [-0.3, -0.25) is 4.79 Å². The van der Waals surface area contributed by atoms with Crippen LogP contribution in [0.4, 0.5) is 26.3 Å². The van der Waals surface area contributed by atoms with Gasteiger partial charge in [-0.25, -0.2) is 0 Å². The van der Waals surface area contributed by atoms with Gasteiger partial charge in [-0.1, -0.05) is 6.92 Å². The lowest BCUT2D eigenvalue weighted by atomic mass is 9.96. The highest BCUT2D eigenvalue weighted by atomic mass is 19.4. The molecule has 0 amide bonds. The second kappa shape index (κ2) is 5.33. The minimum Gasteiger partial charge on any atom is -0.459 e. The van der Waals surface area contributed by atoms with Crippen molar-refractivity contribution in [1.29, 1.82) is 0 Å². The zero-order chi connectivity index (χ0) is 14.8. The number of hydrogen-bond donors (Lipinski definition) is 1. The first-order valence-corrected chi connectivity index (χ1v) is 4.93. The molecular formula is C9H12F6O3. The number of aliphatic hydroxyl groups is 1. The normalized spacial score (nSPS) is 15.4. The smallest absolute Gasteiger partial charge is 0.430 e. The van der Waals surface area contributed by atoms with E-state index < -0.39 is 30.0 Å². The summed E-state index contributed by atoms with van der Waals surface area (Å²) in [6.07, 6.45) is -14.9. The van der Waals surface area contributed by atoms with Crippen molar-refractivity contribution in [1.82, 2.24) is 0 Å². The van der Waals surface area contributed by atoms with Crippen molar-refractivity contribution in [3.63, 3.8) is 0 Å². The number of hydrogen-bond acceptors (Lipinski definition) is 3. The monoisotopic (exact) mass is 282 g/mol. The average molecular weight is 282 g/mol. The third-order valence-corrected chi connectivity index (χ3v) is 2.22. The van der Waals surface area contributed by atoms with Gasteiger partial charge in [0.15, 0.2) is 0 Å². The molecule has 0 aromatic rings. The van der Waals surface area contributed by atoms with E-state index in [1.165, 1.54) is 6.92 Å². The molecule has 0 rings (SSSR count). The van der Waals surface area contributed by atoms with E-state index in [9.17, 15) is 31.1 Å². The molecule has 9 heteroatoms. The Morgan fingerprint density at radius 3 is 1.83 bits per heavy atom. The number of carbonyl (C=O) groups is 1. The fraction of sp³-hybridized carbons (Fsp3) is 0.889. The lowest BCUT2D eigenvalue weighted by molar-refractivity contribution is -0.389. The maximum absolute atomic E-state index is 12.3. The molecule has 0 radical (unpaired) electrons. The Hall–Kier alpha value is -0.990. The molecule has 0 heterocycles. The minimum atomic E-state index is -6.00. The van der Waals surface area contributed by atoms with Gasteiger partial charge in [0.25, 0.3) is 5.60 Å². The summed E-state index contributed by atoms with van der Waals surface area (Å²) in [7, 11) is 0. The maximum atomic E-state index is 12.3. The predicted molar refractivity (Wildman–Crippen MR) is 47.5 cm³/mol. The minimum absolute atomic E-state index is 0.196. The molecule has 0 aromatic carbocycles. The van der Waals surface area contributed by atoms with Crippen molar-refractivity contribution < 1.29 is 41.0 Å². The molecule has 18 heavy (non-hydrogen) atoms. The second-order valence-electron chi connectivity index (χ2n) is 3.64. The summed E-state index contributed by atoms with van der Waals surface area (Å²) in [5, 5.41) is 8.84. The van der Waals surface area contributed by atoms with E-state index in [0.717, 1.165) is 0 Å². The Kier molecular flexibility index (Phi) is 5.04. The van der Waals surface area contributed by atoms with Gasteiger partial charge in [0.05, 0.1) is 0 Å². The summed E-state index contributed by atoms with van der Waals surface area (Å²) in [6.45, 7) is 1.83. The Balaban J connectivity index is 5.19. The third kappa shape index (κ3) is 3.27. The van der Waals surface area contributed by atoms with Crippen molar-refractivity contribution in [3.8, 4) is 0 Å². The summed E-state index contributed by atoms with van der Waals surface area (Å²) in [6, 6.07) is 0. The van der Waals surface area contributed by atoms with Crippen LogP contribution in [0.2, 0.25) is 0 Å². The highest BCUT2D eigenvalue weighted by molar-refractivity contribution is 5.69.